The molecule has 1 saturated heterocycles. The van der Waals surface area contributed by atoms with Crippen molar-refractivity contribution in [2.75, 3.05) is 13.1 Å². The van der Waals surface area contributed by atoms with Crippen LogP contribution in [0.1, 0.15) is 54.4 Å². The molecule has 29 heavy (non-hydrogen) atoms. The molecule has 0 unspecified atom stereocenters. The molecular formula is C22H27ClN2O3S. The molecule has 1 amide bonds. The Morgan fingerprint density at radius 3 is 2.52 bits per heavy atom. The molecule has 7 heteroatoms. The number of sulfone groups is 1. The number of carbonyl (C=O) groups is 1. The third-order valence-corrected chi connectivity index (χ3v) is 7.70. The first-order chi connectivity index (χ1) is 13.8. The van der Waals surface area contributed by atoms with Gasteiger partial charge in [-0.25, -0.2) is 13.4 Å². The van der Waals surface area contributed by atoms with Gasteiger partial charge in [0.2, 0.25) is 0 Å². The van der Waals surface area contributed by atoms with Gasteiger partial charge in [-0.05, 0) is 49.4 Å². The molecule has 2 heterocycles. The van der Waals surface area contributed by atoms with Crippen LogP contribution in [0.2, 0.25) is 5.02 Å². The molecule has 0 aliphatic carbocycles. The molecule has 156 valence electrons. The summed E-state index contributed by atoms with van der Waals surface area (Å²) in [5.41, 5.74) is 1.23. The van der Waals surface area contributed by atoms with Crippen LogP contribution in [0.4, 0.5) is 0 Å². The van der Waals surface area contributed by atoms with Crippen LogP contribution >= 0.6 is 11.6 Å². The average molecular weight is 435 g/mol. The van der Waals surface area contributed by atoms with Gasteiger partial charge >= 0.3 is 0 Å². The second-order valence-electron chi connectivity index (χ2n) is 7.68. The largest absolute Gasteiger partial charge is 0.337 e. The fourth-order valence-corrected chi connectivity index (χ4v) is 6.14. The van der Waals surface area contributed by atoms with Crippen LogP contribution in [0.3, 0.4) is 0 Å². The number of aromatic nitrogens is 1. The SMILES string of the molecule is CCCC1CCN(C(=O)c2cccc(CS(=O)(=O)c3c(C)cccc3Cl)n2)CC1. The summed E-state index contributed by atoms with van der Waals surface area (Å²) in [6.07, 6.45) is 4.40. The molecule has 1 aromatic heterocycles. The molecule has 1 fully saturated rings. The summed E-state index contributed by atoms with van der Waals surface area (Å²) in [7, 11) is -3.67. The van der Waals surface area contributed by atoms with Gasteiger partial charge in [-0.3, -0.25) is 4.79 Å². The van der Waals surface area contributed by atoms with Crippen LogP contribution in [0, 0.1) is 12.8 Å². The number of nitrogens with zero attached hydrogens (tertiary/aromatic N) is 2. The standard InChI is InChI=1S/C22H27ClN2O3S/c1-3-6-17-11-13-25(14-12-17)22(26)20-10-5-8-18(24-20)15-29(27,28)21-16(2)7-4-9-19(21)23/h4-5,7-10,17H,3,6,11-15H2,1-2H3. The van der Waals surface area contributed by atoms with E-state index >= 15 is 0 Å². The zero-order valence-corrected chi connectivity index (χ0v) is 18.5. The summed E-state index contributed by atoms with van der Waals surface area (Å²) in [6, 6.07) is 9.98. The van der Waals surface area contributed by atoms with Crippen LogP contribution < -0.4 is 0 Å². The molecule has 0 spiro atoms. The van der Waals surface area contributed by atoms with Crippen molar-refractivity contribution in [1.82, 2.24) is 9.88 Å². The van der Waals surface area contributed by atoms with Crippen molar-refractivity contribution in [3.63, 3.8) is 0 Å². The van der Waals surface area contributed by atoms with Crippen molar-refractivity contribution in [3.05, 3.63) is 58.4 Å². The van der Waals surface area contributed by atoms with E-state index in [-0.39, 0.29) is 21.6 Å². The first-order valence-corrected chi connectivity index (χ1v) is 12.1. The third-order valence-electron chi connectivity index (χ3n) is 5.44. The van der Waals surface area contributed by atoms with Crippen LogP contribution in [0.5, 0.6) is 0 Å². The molecule has 0 bridgehead atoms. The van der Waals surface area contributed by atoms with Crippen molar-refractivity contribution in [1.29, 1.82) is 0 Å². The summed E-state index contributed by atoms with van der Waals surface area (Å²) in [6.45, 7) is 5.36. The number of amides is 1. The highest BCUT2D eigenvalue weighted by Gasteiger charge is 2.25. The molecule has 0 radical (unpaired) electrons. The monoisotopic (exact) mass is 434 g/mol. The number of halogens is 1. The van der Waals surface area contributed by atoms with Crippen molar-refractivity contribution in [2.24, 2.45) is 5.92 Å². The lowest BCUT2D eigenvalue weighted by Crippen LogP contribution is -2.38. The molecule has 1 aliphatic rings. The minimum absolute atomic E-state index is 0.123. The summed E-state index contributed by atoms with van der Waals surface area (Å²) < 4.78 is 25.8. The van der Waals surface area contributed by atoms with Gasteiger partial charge in [0.1, 0.15) is 5.69 Å². The van der Waals surface area contributed by atoms with Crippen molar-refractivity contribution in [2.45, 2.75) is 50.2 Å². The number of piperidine rings is 1. The second kappa shape index (κ2) is 9.26. The van der Waals surface area contributed by atoms with E-state index in [1.165, 1.54) is 12.8 Å². The predicted octanol–water partition coefficient (Wildman–Crippen LogP) is 4.67. The molecule has 3 rings (SSSR count). The van der Waals surface area contributed by atoms with Gasteiger partial charge in [0, 0.05) is 13.1 Å². The summed E-state index contributed by atoms with van der Waals surface area (Å²) in [5.74, 6) is 0.262. The van der Waals surface area contributed by atoms with E-state index in [1.807, 2.05) is 4.90 Å². The predicted molar refractivity (Wildman–Crippen MR) is 115 cm³/mol. The Morgan fingerprint density at radius 2 is 1.86 bits per heavy atom. The Hall–Kier alpha value is -1.92. The molecule has 0 N–H and O–H groups in total. The first-order valence-electron chi connectivity index (χ1n) is 10.0. The number of likely N-dealkylation sites (tertiary alicyclic amines) is 1. The fraction of sp³-hybridized carbons (Fsp3) is 0.455. The summed E-state index contributed by atoms with van der Waals surface area (Å²) in [5, 5.41) is 0.201. The Balaban J connectivity index is 1.75. The van der Waals surface area contributed by atoms with Gasteiger partial charge in [-0.15, -0.1) is 0 Å². The van der Waals surface area contributed by atoms with Crippen LogP contribution in [0.25, 0.3) is 0 Å². The minimum Gasteiger partial charge on any atom is -0.337 e. The van der Waals surface area contributed by atoms with Crippen LogP contribution in [0.15, 0.2) is 41.3 Å². The van der Waals surface area contributed by atoms with E-state index in [1.54, 1.807) is 43.3 Å². The van der Waals surface area contributed by atoms with E-state index in [0.29, 0.717) is 22.9 Å². The maximum absolute atomic E-state index is 12.9. The van der Waals surface area contributed by atoms with E-state index in [9.17, 15) is 13.2 Å². The highest BCUT2D eigenvalue weighted by Crippen LogP contribution is 2.28. The quantitative estimate of drug-likeness (QED) is 0.662. The third kappa shape index (κ3) is 5.17. The van der Waals surface area contributed by atoms with E-state index in [2.05, 4.69) is 11.9 Å². The Labute approximate surface area is 178 Å². The molecule has 1 aromatic carbocycles. The number of carbonyl (C=O) groups excluding carboxylic acids is 1. The van der Waals surface area contributed by atoms with Gasteiger partial charge in [0.05, 0.1) is 21.4 Å². The molecule has 5 nitrogen and oxygen atoms in total. The van der Waals surface area contributed by atoms with Crippen molar-refractivity contribution >= 4 is 27.3 Å². The topological polar surface area (TPSA) is 67.3 Å². The highest BCUT2D eigenvalue weighted by atomic mass is 35.5. The minimum atomic E-state index is -3.67. The normalized spacial score (nSPS) is 15.5. The van der Waals surface area contributed by atoms with Gasteiger partial charge in [-0.2, -0.15) is 0 Å². The van der Waals surface area contributed by atoms with Crippen molar-refractivity contribution < 1.29 is 13.2 Å². The maximum atomic E-state index is 12.9. The zero-order chi connectivity index (χ0) is 21.0. The number of rotatable bonds is 6. The lowest BCUT2D eigenvalue weighted by atomic mass is 9.92. The molecule has 0 atom stereocenters. The Morgan fingerprint density at radius 1 is 1.17 bits per heavy atom. The van der Waals surface area contributed by atoms with Crippen molar-refractivity contribution in [3.8, 4) is 0 Å². The van der Waals surface area contributed by atoms with Gasteiger partial charge in [0.25, 0.3) is 5.91 Å². The average Bonchev–Trinajstić information content (AvgIpc) is 2.68. The van der Waals surface area contributed by atoms with Crippen LogP contribution in [-0.4, -0.2) is 37.3 Å². The van der Waals surface area contributed by atoms with Gasteiger partial charge < -0.3 is 4.90 Å². The number of benzene rings is 1. The smallest absolute Gasteiger partial charge is 0.272 e. The maximum Gasteiger partial charge on any atom is 0.272 e. The van der Waals surface area contributed by atoms with E-state index in [0.717, 1.165) is 25.9 Å². The Kier molecular flexibility index (Phi) is 6.96. The summed E-state index contributed by atoms with van der Waals surface area (Å²) in [4.78, 5) is 19.2. The number of hydrogen-bond donors (Lipinski definition) is 0. The molecule has 0 saturated carbocycles. The van der Waals surface area contributed by atoms with Gasteiger partial charge in [0.15, 0.2) is 9.84 Å². The zero-order valence-electron chi connectivity index (χ0n) is 16.9. The Bertz CT molecular complexity index is 963. The van der Waals surface area contributed by atoms with E-state index in [4.69, 9.17) is 11.6 Å². The fourth-order valence-electron chi connectivity index (χ4n) is 3.95. The number of aryl methyl sites for hydroxylation is 1. The summed E-state index contributed by atoms with van der Waals surface area (Å²) >= 11 is 6.14. The first kappa shape index (κ1) is 21.8. The lowest BCUT2D eigenvalue weighted by molar-refractivity contribution is 0.0680. The van der Waals surface area contributed by atoms with Gasteiger partial charge in [-0.1, -0.05) is 49.6 Å². The molecule has 1 aliphatic heterocycles. The van der Waals surface area contributed by atoms with Crippen LogP contribution in [-0.2, 0) is 15.6 Å². The number of pyridine rings is 1. The highest BCUT2D eigenvalue weighted by molar-refractivity contribution is 7.90. The van der Waals surface area contributed by atoms with E-state index < -0.39 is 9.84 Å². The molecule has 2 aromatic rings. The second-order valence-corrected chi connectivity index (χ2v) is 10.0. The number of hydrogen-bond acceptors (Lipinski definition) is 4. The lowest BCUT2D eigenvalue weighted by Gasteiger charge is -2.31. The molecular weight excluding hydrogens is 408 g/mol.